The molecule has 5 nitrogen and oxygen atoms in total. The topological polar surface area (TPSA) is 59.5 Å². The van der Waals surface area contributed by atoms with Gasteiger partial charge >= 0.3 is 5.97 Å². The largest absolute Gasteiger partial charge is 0.452 e. The number of rotatable bonds is 6. The number of thiazole rings is 1. The molecule has 0 spiro atoms. The number of likely N-dealkylation sites (N-methyl/N-ethyl adjacent to an activating group) is 1. The molecule has 1 aromatic heterocycles. The first-order chi connectivity index (χ1) is 13.5. The molecule has 2 aromatic carbocycles. The van der Waals surface area contributed by atoms with Gasteiger partial charge < -0.3 is 9.64 Å². The first-order valence-corrected chi connectivity index (χ1v) is 9.85. The molecule has 0 radical (unpaired) electrons. The first kappa shape index (κ1) is 20.0. The molecule has 0 bridgehead atoms. The van der Waals surface area contributed by atoms with Gasteiger partial charge in [0.1, 0.15) is 5.01 Å². The fraction of sp³-hybridized carbons (Fsp3) is 0.190. The number of ether oxygens (including phenoxy) is 1. The smallest absolute Gasteiger partial charge is 0.331 e. The molecule has 1 amide bonds. The summed E-state index contributed by atoms with van der Waals surface area (Å²) in [6, 6.07) is 14.7. The van der Waals surface area contributed by atoms with Crippen LogP contribution in [0.2, 0.25) is 5.02 Å². The van der Waals surface area contributed by atoms with E-state index >= 15 is 0 Å². The molecule has 3 aromatic rings. The van der Waals surface area contributed by atoms with Crippen molar-refractivity contribution in [2.24, 2.45) is 0 Å². The van der Waals surface area contributed by atoms with Crippen LogP contribution >= 0.6 is 22.9 Å². The number of carbonyl (C=O) groups excluding carboxylic acids is 2. The average Bonchev–Trinajstić information content (AvgIpc) is 3.14. The van der Waals surface area contributed by atoms with Crippen LogP contribution in [-0.4, -0.2) is 35.4 Å². The third-order valence-electron chi connectivity index (χ3n) is 4.28. The summed E-state index contributed by atoms with van der Waals surface area (Å²) < 4.78 is 6.13. The van der Waals surface area contributed by atoms with Crippen LogP contribution in [0.15, 0.2) is 54.6 Å². The minimum Gasteiger partial charge on any atom is -0.452 e. The maximum Gasteiger partial charge on any atom is 0.331 e. The Labute approximate surface area is 172 Å². The van der Waals surface area contributed by atoms with Gasteiger partial charge in [-0.3, -0.25) is 4.79 Å². The van der Waals surface area contributed by atoms with Crippen molar-refractivity contribution in [3.8, 4) is 0 Å². The number of para-hydroxylation sites is 1. The first-order valence-electron chi connectivity index (χ1n) is 8.66. The van der Waals surface area contributed by atoms with Gasteiger partial charge in [-0.2, -0.15) is 0 Å². The molecular formula is C21H19ClN2O3S. The second-order valence-electron chi connectivity index (χ2n) is 6.16. The van der Waals surface area contributed by atoms with Crippen LogP contribution in [0.4, 0.5) is 0 Å². The van der Waals surface area contributed by atoms with Gasteiger partial charge in [0.25, 0.3) is 5.91 Å². The van der Waals surface area contributed by atoms with Crippen LogP contribution in [0.3, 0.4) is 0 Å². The molecule has 0 aliphatic heterocycles. The number of aromatic nitrogens is 1. The lowest BCUT2D eigenvalue weighted by Crippen LogP contribution is -2.33. The zero-order chi connectivity index (χ0) is 20.1. The van der Waals surface area contributed by atoms with E-state index in [2.05, 4.69) is 4.98 Å². The number of hydrogen-bond donors (Lipinski definition) is 0. The van der Waals surface area contributed by atoms with Gasteiger partial charge in [0.2, 0.25) is 0 Å². The fourth-order valence-corrected chi connectivity index (χ4v) is 3.76. The molecule has 0 fully saturated rings. The third kappa shape index (κ3) is 4.77. The SMILES string of the molecule is C[C@H](c1nc2ccccc2s1)N(C)C(=O)COC(=O)/C=C/c1ccccc1Cl. The van der Waals surface area contributed by atoms with Crippen LogP contribution in [0.1, 0.15) is 23.5 Å². The van der Waals surface area contributed by atoms with Crippen LogP contribution in [0, 0.1) is 0 Å². The van der Waals surface area contributed by atoms with Crippen LogP contribution in [-0.2, 0) is 14.3 Å². The van der Waals surface area contributed by atoms with Crippen molar-refractivity contribution in [2.45, 2.75) is 13.0 Å². The van der Waals surface area contributed by atoms with E-state index in [1.54, 1.807) is 42.7 Å². The lowest BCUT2D eigenvalue weighted by atomic mass is 10.2. The summed E-state index contributed by atoms with van der Waals surface area (Å²) in [6.07, 6.45) is 2.81. The Balaban J connectivity index is 1.56. The second-order valence-corrected chi connectivity index (χ2v) is 7.63. The van der Waals surface area contributed by atoms with Gasteiger partial charge in [-0.25, -0.2) is 9.78 Å². The van der Waals surface area contributed by atoms with Crippen molar-refractivity contribution < 1.29 is 14.3 Å². The summed E-state index contributed by atoms with van der Waals surface area (Å²) in [7, 11) is 1.67. The number of halogens is 1. The van der Waals surface area contributed by atoms with Crippen molar-refractivity contribution in [3.63, 3.8) is 0 Å². The molecule has 0 aliphatic carbocycles. The van der Waals surface area contributed by atoms with E-state index in [9.17, 15) is 9.59 Å². The van der Waals surface area contributed by atoms with E-state index in [-0.39, 0.29) is 18.6 Å². The lowest BCUT2D eigenvalue weighted by Gasteiger charge is -2.22. The van der Waals surface area contributed by atoms with E-state index in [0.717, 1.165) is 15.2 Å². The van der Waals surface area contributed by atoms with Crippen LogP contribution in [0.25, 0.3) is 16.3 Å². The molecule has 0 unspecified atom stereocenters. The summed E-state index contributed by atoms with van der Waals surface area (Å²) in [5.41, 5.74) is 1.61. The average molecular weight is 415 g/mol. The van der Waals surface area contributed by atoms with Gasteiger partial charge in [-0.05, 0) is 36.8 Å². The molecule has 0 saturated carbocycles. The van der Waals surface area contributed by atoms with E-state index in [1.807, 2.05) is 37.3 Å². The van der Waals surface area contributed by atoms with Gasteiger partial charge in [-0.1, -0.05) is 41.9 Å². The van der Waals surface area contributed by atoms with Crippen molar-refractivity contribution in [1.29, 1.82) is 0 Å². The highest BCUT2D eigenvalue weighted by atomic mass is 35.5. The Bertz CT molecular complexity index is 998. The van der Waals surface area contributed by atoms with E-state index < -0.39 is 5.97 Å². The molecule has 7 heteroatoms. The van der Waals surface area contributed by atoms with Crippen molar-refractivity contribution >= 4 is 51.1 Å². The van der Waals surface area contributed by atoms with E-state index in [4.69, 9.17) is 16.3 Å². The van der Waals surface area contributed by atoms with Gasteiger partial charge in [0.15, 0.2) is 6.61 Å². The molecule has 28 heavy (non-hydrogen) atoms. The van der Waals surface area contributed by atoms with Gasteiger partial charge in [0, 0.05) is 18.1 Å². The lowest BCUT2D eigenvalue weighted by molar-refractivity contribution is -0.148. The second kappa shape index (κ2) is 8.99. The minimum atomic E-state index is -0.602. The summed E-state index contributed by atoms with van der Waals surface area (Å²) in [5.74, 6) is -0.902. The van der Waals surface area contributed by atoms with Gasteiger partial charge in [0.05, 0.1) is 16.3 Å². The summed E-state index contributed by atoms with van der Waals surface area (Å²) in [5, 5.41) is 1.37. The number of esters is 1. The number of amides is 1. The zero-order valence-electron chi connectivity index (χ0n) is 15.5. The molecule has 1 atom stereocenters. The molecule has 0 aliphatic rings. The Morgan fingerprint density at radius 3 is 2.68 bits per heavy atom. The molecular weight excluding hydrogens is 396 g/mol. The maximum absolute atomic E-state index is 12.4. The summed E-state index contributed by atoms with van der Waals surface area (Å²) in [4.78, 5) is 30.4. The highest BCUT2D eigenvalue weighted by molar-refractivity contribution is 7.18. The normalized spacial score (nSPS) is 12.2. The molecule has 1 heterocycles. The highest BCUT2D eigenvalue weighted by Crippen LogP contribution is 2.28. The summed E-state index contributed by atoms with van der Waals surface area (Å²) >= 11 is 7.58. The molecule has 0 N–H and O–H groups in total. The van der Waals surface area contributed by atoms with Crippen molar-refractivity contribution in [1.82, 2.24) is 9.88 Å². The summed E-state index contributed by atoms with van der Waals surface area (Å²) in [6.45, 7) is 1.56. The number of carbonyl (C=O) groups is 2. The van der Waals surface area contributed by atoms with Crippen molar-refractivity contribution in [3.05, 3.63) is 70.2 Å². The quantitative estimate of drug-likeness (QED) is 0.432. The molecule has 144 valence electrons. The Morgan fingerprint density at radius 2 is 1.93 bits per heavy atom. The Kier molecular flexibility index (Phi) is 6.44. The maximum atomic E-state index is 12.4. The predicted octanol–water partition coefficient (Wildman–Crippen LogP) is 4.73. The molecule has 3 rings (SSSR count). The Morgan fingerprint density at radius 1 is 1.21 bits per heavy atom. The van der Waals surface area contributed by atoms with E-state index in [0.29, 0.717) is 10.6 Å². The van der Waals surface area contributed by atoms with Crippen molar-refractivity contribution in [2.75, 3.05) is 13.7 Å². The molecule has 0 saturated heterocycles. The number of benzene rings is 2. The number of fused-ring (bicyclic) bond motifs is 1. The Hall–Kier alpha value is -2.70. The zero-order valence-corrected chi connectivity index (χ0v) is 17.0. The standard InChI is InChI=1S/C21H19ClN2O3S/c1-14(21-23-17-9-5-6-10-18(17)28-21)24(2)19(25)13-27-20(26)12-11-15-7-3-4-8-16(15)22/h3-12,14H,13H2,1-2H3/b12-11+/t14-/m1/s1. The number of nitrogens with zero attached hydrogens (tertiary/aromatic N) is 2. The van der Waals surface area contributed by atoms with Gasteiger partial charge in [-0.15, -0.1) is 11.3 Å². The van der Waals surface area contributed by atoms with E-state index in [1.165, 1.54) is 11.0 Å². The van der Waals surface area contributed by atoms with Crippen LogP contribution < -0.4 is 0 Å². The fourth-order valence-electron chi connectivity index (χ4n) is 2.50. The minimum absolute atomic E-state index is 0.220. The predicted molar refractivity (Wildman–Crippen MR) is 112 cm³/mol. The monoisotopic (exact) mass is 414 g/mol. The number of hydrogen-bond acceptors (Lipinski definition) is 5. The highest BCUT2D eigenvalue weighted by Gasteiger charge is 2.21. The van der Waals surface area contributed by atoms with Crippen LogP contribution in [0.5, 0.6) is 0 Å². The third-order valence-corrected chi connectivity index (χ3v) is 5.84.